The molecule has 2 heterocycles. The highest BCUT2D eigenvalue weighted by atomic mass is 35.5. The highest BCUT2D eigenvalue weighted by Crippen LogP contribution is 2.20. The van der Waals surface area contributed by atoms with Crippen molar-refractivity contribution in [2.24, 2.45) is 0 Å². The first-order chi connectivity index (χ1) is 10.2. The van der Waals surface area contributed by atoms with Crippen LogP contribution in [0.2, 0.25) is 5.28 Å². The van der Waals surface area contributed by atoms with Crippen molar-refractivity contribution in [1.29, 1.82) is 0 Å². The smallest absolute Gasteiger partial charge is 0.226 e. The molecule has 2 N–H and O–H groups in total. The third-order valence-corrected chi connectivity index (χ3v) is 3.52. The van der Waals surface area contributed by atoms with Crippen LogP contribution in [-0.4, -0.2) is 26.0 Å². The maximum Gasteiger partial charge on any atom is 0.226 e. The number of nitrogens with zero attached hydrogens (tertiary/aromatic N) is 3. The highest BCUT2D eigenvalue weighted by Gasteiger charge is 2.11. The summed E-state index contributed by atoms with van der Waals surface area (Å²) in [6.07, 6.45) is 3.61. The molecule has 0 aliphatic carbocycles. The van der Waals surface area contributed by atoms with E-state index in [9.17, 15) is 0 Å². The van der Waals surface area contributed by atoms with E-state index in [2.05, 4.69) is 56.4 Å². The van der Waals surface area contributed by atoms with Crippen molar-refractivity contribution in [2.45, 2.75) is 25.8 Å². The number of rotatable bonds is 5. The second-order valence-corrected chi connectivity index (χ2v) is 5.35. The normalized spacial score (nSPS) is 12.5. The molecule has 0 bridgehead atoms. The Bertz CT molecular complexity index is 725. The molecule has 0 saturated carbocycles. The molecule has 3 rings (SSSR count). The zero-order valence-corrected chi connectivity index (χ0v) is 12.4. The van der Waals surface area contributed by atoms with E-state index in [1.807, 2.05) is 6.07 Å². The highest BCUT2D eigenvalue weighted by molar-refractivity contribution is 6.28. The van der Waals surface area contributed by atoms with E-state index in [-0.39, 0.29) is 11.3 Å². The number of aryl methyl sites for hydroxylation is 1. The van der Waals surface area contributed by atoms with Crippen LogP contribution in [0.4, 0.5) is 5.82 Å². The Morgan fingerprint density at radius 1 is 1.24 bits per heavy atom. The topological polar surface area (TPSA) is 66.5 Å². The van der Waals surface area contributed by atoms with Gasteiger partial charge in [0.1, 0.15) is 5.52 Å². The van der Waals surface area contributed by atoms with E-state index in [1.54, 1.807) is 6.33 Å². The quantitative estimate of drug-likeness (QED) is 0.708. The minimum Gasteiger partial charge on any atom is -0.366 e. The third-order valence-electron chi connectivity index (χ3n) is 3.35. The van der Waals surface area contributed by atoms with Crippen LogP contribution in [0.5, 0.6) is 0 Å². The number of imidazole rings is 1. The van der Waals surface area contributed by atoms with E-state index >= 15 is 0 Å². The van der Waals surface area contributed by atoms with Gasteiger partial charge in [-0.15, -0.1) is 0 Å². The Labute approximate surface area is 127 Å². The van der Waals surface area contributed by atoms with Gasteiger partial charge in [-0.2, -0.15) is 9.97 Å². The zero-order chi connectivity index (χ0) is 14.7. The van der Waals surface area contributed by atoms with Crippen LogP contribution in [-0.2, 0) is 6.42 Å². The van der Waals surface area contributed by atoms with Crippen LogP contribution >= 0.6 is 11.6 Å². The first-order valence-corrected chi connectivity index (χ1v) is 7.27. The SMILES string of the molecule is CC(CCc1ccccc1)Nc1nc(Cl)nc2nc[nH]c12. The summed E-state index contributed by atoms with van der Waals surface area (Å²) < 4.78 is 0. The minimum atomic E-state index is 0.201. The van der Waals surface area contributed by atoms with Crippen LogP contribution < -0.4 is 5.32 Å². The van der Waals surface area contributed by atoms with Gasteiger partial charge in [-0.25, -0.2) is 4.98 Å². The monoisotopic (exact) mass is 301 g/mol. The molecule has 1 atom stereocenters. The summed E-state index contributed by atoms with van der Waals surface area (Å²) in [7, 11) is 0. The number of aromatic nitrogens is 4. The number of halogens is 1. The first kappa shape index (κ1) is 13.8. The fourth-order valence-corrected chi connectivity index (χ4v) is 2.41. The molecule has 0 saturated heterocycles. The molecule has 3 aromatic rings. The fourth-order valence-electron chi connectivity index (χ4n) is 2.24. The number of anilines is 1. The molecule has 0 spiro atoms. The largest absolute Gasteiger partial charge is 0.366 e. The van der Waals surface area contributed by atoms with Gasteiger partial charge in [0.2, 0.25) is 5.28 Å². The van der Waals surface area contributed by atoms with Crippen LogP contribution in [0.3, 0.4) is 0 Å². The van der Waals surface area contributed by atoms with Gasteiger partial charge in [0, 0.05) is 6.04 Å². The molecule has 1 aromatic carbocycles. The lowest BCUT2D eigenvalue weighted by atomic mass is 10.1. The van der Waals surface area contributed by atoms with Gasteiger partial charge in [0.15, 0.2) is 11.5 Å². The van der Waals surface area contributed by atoms with Gasteiger partial charge in [0.25, 0.3) is 0 Å². The molecule has 0 aliphatic rings. The molecule has 108 valence electrons. The molecule has 0 radical (unpaired) electrons. The summed E-state index contributed by atoms with van der Waals surface area (Å²) in [5, 5.41) is 3.58. The molecule has 21 heavy (non-hydrogen) atoms. The summed E-state index contributed by atoms with van der Waals surface area (Å²) in [5.41, 5.74) is 2.69. The van der Waals surface area contributed by atoms with Crippen molar-refractivity contribution in [3.8, 4) is 0 Å². The average Bonchev–Trinajstić information content (AvgIpc) is 2.94. The van der Waals surface area contributed by atoms with Gasteiger partial charge in [0.05, 0.1) is 6.33 Å². The second kappa shape index (κ2) is 6.10. The molecule has 2 aromatic heterocycles. The van der Waals surface area contributed by atoms with E-state index in [4.69, 9.17) is 11.6 Å². The lowest BCUT2D eigenvalue weighted by molar-refractivity contribution is 0.703. The van der Waals surface area contributed by atoms with E-state index < -0.39 is 0 Å². The summed E-state index contributed by atoms with van der Waals surface area (Å²) in [6, 6.07) is 10.7. The standard InChI is InChI=1S/C15H16ClN5/c1-10(7-8-11-5-3-2-4-6-11)19-14-12-13(18-9-17-12)20-15(16)21-14/h2-6,9-10H,7-8H2,1H3,(H2,17,18,19,20,21). The Morgan fingerprint density at radius 3 is 2.86 bits per heavy atom. The predicted molar refractivity (Wildman–Crippen MR) is 84.5 cm³/mol. The Kier molecular flexibility index (Phi) is 4.01. The lowest BCUT2D eigenvalue weighted by Gasteiger charge is -2.15. The predicted octanol–water partition coefficient (Wildman–Crippen LogP) is 3.44. The number of aromatic amines is 1. The fraction of sp³-hybridized carbons (Fsp3) is 0.267. The van der Waals surface area contributed by atoms with Crippen LogP contribution in [0.1, 0.15) is 18.9 Å². The van der Waals surface area contributed by atoms with Crippen molar-refractivity contribution in [1.82, 2.24) is 19.9 Å². The number of H-pyrrole nitrogens is 1. The number of hydrogen-bond donors (Lipinski definition) is 2. The number of hydrogen-bond acceptors (Lipinski definition) is 4. The van der Waals surface area contributed by atoms with Crippen molar-refractivity contribution in [3.63, 3.8) is 0 Å². The van der Waals surface area contributed by atoms with Crippen molar-refractivity contribution >= 4 is 28.6 Å². The zero-order valence-electron chi connectivity index (χ0n) is 11.7. The second-order valence-electron chi connectivity index (χ2n) is 5.01. The van der Waals surface area contributed by atoms with Gasteiger partial charge >= 0.3 is 0 Å². The summed E-state index contributed by atoms with van der Waals surface area (Å²) >= 11 is 5.92. The Balaban J connectivity index is 1.68. The Hall–Kier alpha value is -2.14. The molecule has 0 fully saturated rings. The molecule has 0 amide bonds. The molecule has 1 unspecified atom stereocenters. The van der Waals surface area contributed by atoms with Gasteiger partial charge in [-0.1, -0.05) is 30.3 Å². The van der Waals surface area contributed by atoms with E-state index in [1.165, 1.54) is 5.56 Å². The number of nitrogens with one attached hydrogen (secondary N) is 2. The van der Waals surface area contributed by atoms with E-state index in [0.29, 0.717) is 11.5 Å². The average molecular weight is 302 g/mol. The van der Waals surface area contributed by atoms with Gasteiger partial charge in [-0.05, 0) is 36.9 Å². The first-order valence-electron chi connectivity index (χ1n) is 6.89. The number of benzene rings is 1. The number of fused-ring (bicyclic) bond motifs is 1. The van der Waals surface area contributed by atoms with Crippen molar-refractivity contribution < 1.29 is 0 Å². The summed E-state index contributed by atoms with van der Waals surface area (Å²) in [5.74, 6) is 0.697. The molecule has 6 heteroatoms. The van der Waals surface area contributed by atoms with Crippen molar-refractivity contribution in [3.05, 3.63) is 47.5 Å². The lowest BCUT2D eigenvalue weighted by Crippen LogP contribution is -2.17. The maximum atomic E-state index is 5.92. The van der Waals surface area contributed by atoms with Crippen LogP contribution in [0.15, 0.2) is 36.7 Å². The minimum absolute atomic E-state index is 0.201. The summed E-state index contributed by atoms with van der Waals surface area (Å²) in [6.45, 7) is 2.13. The van der Waals surface area contributed by atoms with Gasteiger partial charge < -0.3 is 10.3 Å². The van der Waals surface area contributed by atoms with Crippen LogP contribution in [0, 0.1) is 0 Å². The van der Waals surface area contributed by atoms with Crippen molar-refractivity contribution in [2.75, 3.05) is 5.32 Å². The molecule has 0 aliphatic heterocycles. The Morgan fingerprint density at radius 2 is 2.05 bits per heavy atom. The molecule has 5 nitrogen and oxygen atoms in total. The van der Waals surface area contributed by atoms with E-state index in [0.717, 1.165) is 18.4 Å². The van der Waals surface area contributed by atoms with Crippen LogP contribution in [0.25, 0.3) is 11.2 Å². The maximum absolute atomic E-state index is 5.92. The molecular weight excluding hydrogens is 286 g/mol. The summed E-state index contributed by atoms with van der Waals surface area (Å²) in [4.78, 5) is 15.5. The van der Waals surface area contributed by atoms with Gasteiger partial charge in [-0.3, -0.25) is 0 Å². The molecular formula is C15H16ClN5. The third kappa shape index (κ3) is 3.31.